The van der Waals surface area contributed by atoms with Crippen LogP contribution >= 0.6 is 22.9 Å². The molecule has 0 radical (unpaired) electrons. The number of para-hydroxylation sites is 1. The van der Waals surface area contributed by atoms with Gasteiger partial charge < -0.3 is 14.9 Å². The number of amides is 1. The molecule has 0 aliphatic carbocycles. The Morgan fingerprint density at radius 3 is 2.37 bits per heavy atom. The summed E-state index contributed by atoms with van der Waals surface area (Å²) in [6.45, 7) is -0.0738. The summed E-state index contributed by atoms with van der Waals surface area (Å²) in [5.74, 6) is -1.85. The number of aromatic nitrogens is 1. The first kappa shape index (κ1) is 24.4. The van der Waals surface area contributed by atoms with Gasteiger partial charge >= 0.3 is 5.97 Å². The van der Waals surface area contributed by atoms with Crippen molar-refractivity contribution in [1.29, 1.82) is 0 Å². The van der Waals surface area contributed by atoms with E-state index in [1.165, 1.54) is 24.5 Å². The number of anilines is 2. The molecule has 0 saturated heterocycles. The van der Waals surface area contributed by atoms with E-state index in [0.717, 1.165) is 21.7 Å². The number of rotatable bonds is 8. The molecule has 0 unspecified atom stereocenters. The van der Waals surface area contributed by atoms with E-state index < -0.39 is 11.9 Å². The van der Waals surface area contributed by atoms with Gasteiger partial charge in [-0.25, -0.2) is 9.37 Å². The van der Waals surface area contributed by atoms with Crippen LogP contribution in [-0.2, 0) is 11.3 Å². The summed E-state index contributed by atoms with van der Waals surface area (Å²) in [5.41, 5.74) is 3.23. The van der Waals surface area contributed by atoms with Crippen LogP contribution in [0.25, 0.3) is 11.3 Å². The standard InChI is InChI=1S/C26H21ClFN3O3S/c1-30(15-24(32)33)25(34)19-8-6-17(7-9-19)14-31(23-5-3-2-4-21(23)28)26-29-22(16-35-26)18-10-12-20(27)13-11-18/h2-13,16H,14-15H2,1H3,(H,32,33). The van der Waals surface area contributed by atoms with Crippen molar-refractivity contribution in [2.75, 3.05) is 18.5 Å². The number of aliphatic carboxylic acids is 1. The Hall–Kier alpha value is -3.75. The van der Waals surface area contributed by atoms with Crippen LogP contribution in [0.1, 0.15) is 15.9 Å². The molecule has 1 aromatic heterocycles. The Labute approximate surface area is 210 Å². The molecule has 1 heterocycles. The number of hydrogen-bond donors (Lipinski definition) is 1. The van der Waals surface area contributed by atoms with E-state index in [4.69, 9.17) is 21.7 Å². The number of halogens is 2. The molecule has 0 aliphatic rings. The number of benzene rings is 3. The number of thiazole rings is 1. The first-order valence-electron chi connectivity index (χ1n) is 10.6. The van der Waals surface area contributed by atoms with Crippen LogP contribution in [0.4, 0.5) is 15.2 Å². The minimum Gasteiger partial charge on any atom is -0.480 e. The molecule has 1 N–H and O–H groups in total. The first-order chi connectivity index (χ1) is 16.8. The Morgan fingerprint density at radius 2 is 1.71 bits per heavy atom. The van der Waals surface area contributed by atoms with E-state index in [2.05, 4.69) is 0 Å². The molecule has 0 spiro atoms. The smallest absolute Gasteiger partial charge is 0.323 e. The van der Waals surface area contributed by atoms with Gasteiger partial charge in [-0.3, -0.25) is 9.59 Å². The maximum absolute atomic E-state index is 14.8. The number of nitrogens with zero attached hydrogens (tertiary/aromatic N) is 3. The first-order valence-corrected chi connectivity index (χ1v) is 11.9. The molecule has 35 heavy (non-hydrogen) atoms. The van der Waals surface area contributed by atoms with Gasteiger partial charge in [0.05, 0.1) is 17.9 Å². The maximum atomic E-state index is 14.8. The van der Waals surface area contributed by atoms with Gasteiger partial charge in [0.15, 0.2) is 5.13 Å². The quantitative estimate of drug-likeness (QED) is 0.311. The third-order valence-corrected chi connectivity index (χ3v) is 6.38. The van der Waals surface area contributed by atoms with Crippen molar-refractivity contribution in [2.24, 2.45) is 0 Å². The van der Waals surface area contributed by atoms with Crippen molar-refractivity contribution in [2.45, 2.75) is 6.54 Å². The van der Waals surface area contributed by atoms with E-state index in [0.29, 0.717) is 27.9 Å². The lowest BCUT2D eigenvalue weighted by molar-refractivity contribution is -0.137. The van der Waals surface area contributed by atoms with Gasteiger partial charge in [-0.2, -0.15) is 0 Å². The van der Waals surface area contributed by atoms with Gasteiger partial charge in [-0.15, -0.1) is 11.3 Å². The van der Waals surface area contributed by atoms with E-state index >= 15 is 0 Å². The van der Waals surface area contributed by atoms with Crippen LogP contribution in [-0.4, -0.2) is 40.5 Å². The summed E-state index contributed by atoms with van der Waals surface area (Å²) < 4.78 is 14.8. The Bertz CT molecular complexity index is 1340. The van der Waals surface area contributed by atoms with Gasteiger partial charge in [0.1, 0.15) is 12.4 Å². The summed E-state index contributed by atoms with van der Waals surface area (Å²) in [5, 5.41) is 12.1. The van der Waals surface area contributed by atoms with Gasteiger partial charge in [0.2, 0.25) is 0 Å². The second kappa shape index (κ2) is 10.7. The number of carboxylic acid groups (broad SMARTS) is 1. The maximum Gasteiger partial charge on any atom is 0.323 e. The van der Waals surface area contributed by atoms with Crippen LogP contribution in [0.3, 0.4) is 0 Å². The second-order valence-electron chi connectivity index (χ2n) is 7.81. The van der Waals surface area contributed by atoms with Crippen molar-refractivity contribution in [3.63, 3.8) is 0 Å². The zero-order chi connectivity index (χ0) is 24.9. The van der Waals surface area contributed by atoms with Crippen molar-refractivity contribution in [3.8, 4) is 11.3 Å². The summed E-state index contributed by atoms with van der Waals surface area (Å²) >= 11 is 7.39. The molecule has 0 bridgehead atoms. The molecule has 6 nitrogen and oxygen atoms in total. The van der Waals surface area contributed by atoms with Crippen LogP contribution in [0.5, 0.6) is 0 Å². The number of hydrogen-bond acceptors (Lipinski definition) is 5. The topological polar surface area (TPSA) is 73.7 Å². The third-order valence-electron chi connectivity index (χ3n) is 5.27. The van der Waals surface area contributed by atoms with Gasteiger partial charge in [-0.1, -0.05) is 48.0 Å². The average Bonchev–Trinajstić information content (AvgIpc) is 3.33. The monoisotopic (exact) mass is 509 g/mol. The molecule has 178 valence electrons. The van der Waals surface area contributed by atoms with Crippen LogP contribution in [0, 0.1) is 5.82 Å². The van der Waals surface area contributed by atoms with Crippen LogP contribution in [0.2, 0.25) is 5.02 Å². The number of carbonyl (C=O) groups excluding carboxylic acids is 1. The van der Waals surface area contributed by atoms with Crippen molar-refractivity contribution >= 4 is 45.6 Å². The number of carbonyl (C=O) groups is 2. The zero-order valence-electron chi connectivity index (χ0n) is 18.7. The van der Waals surface area contributed by atoms with Crippen molar-refractivity contribution in [3.05, 3.63) is 100 Å². The Kier molecular flexibility index (Phi) is 7.43. The lowest BCUT2D eigenvalue weighted by atomic mass is 10.1. The fourth-order valence-corrected chi connectivity index (χ4v) is 4.47. The second-order valence-corrected chi connectivity index (χ2v) is 9.08. The molecule has 1 amide bonds. The van der Waals surface area contributed by atoms with Gasteiger partial charge in [0.25, 0.3) is 5.91 Å². The van der Waals surface area contributed by atoms with E-state index in [1.807, 2.05) is 17.5 Å². The highest BCUT2D eigenvalue weighted by atomic mass is 35.5. The zero-order valence-corrected chi connectivity index (χ0v) is 20.3. The van der Waals surface area contributed by atoms with Crippen LogP contribution in [0.15, 0.2) is 78.2 Å². The molecule has 3 aromatic carbocycles. The predicted molar refractivity (Wildman–Crippen MR) is 136 cm³/mol. The molecule has 4 aromatic rings. The summed E-state index contributed by atoms with van der Waals surface area (Å²) in [4.78, 5) is 31.0. The summed E-state index contributed by atoms with van der Waals surface area (Å²) in [6, 6.07) is 20.6. The highest BCUT2D eigenvalue weighted by Gasteiger charge is 2.19. The Balaban J connectivity index is 1.62. The van der Waals surface area contributed by atoms with E-state index in [9.17, 15) is 14.0 Å². The predicted octanol–water partition coefficient (Wildman–Crippen LogP) is 6.10. The summed E-state index contributed by atoms with van der Waals surface area (Å²) in [7, 11) is 1.44. The SMILES string of the molecule is CN(CC(=O)O)C(=O)c1ccc(CN(c2nc(-c3ccc(Cl)cc3)cs2)c2ccccc2F)cc1. The normalized spacial score (nSPS) is 10.7. The molecule has 4 rings (SSSR count). The highest BCUT2D eigenvalue weighted by molar-refractivity contribution is 7.14. The number of likely N-dealkylation sites (N-methyl/N-ethyl adjacent to an activating group) is 1. The molecular formula is C26H21ClFN3O3S. The van der Waals surface area contributed by atoms with E-state index in [1.54, 1.807) is 59.5 Å². The molecule has 0 saturated carbocycles. The largest absolute Gasteiger partial charge is 0.480 e. The molecule has 0 aliphatic heterocycles. The molecule has 0 atom stereocenters. The van der Waals surface area contributed by atoms with Gasteiger partial charge in [-0.05, 0) is 42.0 Å². The Morgan fingerprint density at radius 1 is 1.03 bits per heavy atom. The highest BCUT2D eigenvalue weighted by Crippen LogP contribution is 2.35. The van der Waals surface area contributed by atoms with Gasteiger partial charge in [0, 0.05) is 28.6 Å². The minimum atomic E-state index is -1.08. The average molecular weight is 510 g/mol. The van der Waals surface area contributed by atoms with Crippen molar-refractivity contribution < 1.29 is 19.1 Å². The lowest BCUT2D eigenvalue weighted by Gasteiger charge is -2.23. The van der Waals surface area contributed by atoms with E-state index in [-0.39, 0.29) is 12.4 Å². The van der Waals surface area contributed by atoms with Crippen molar-refractivity contribution in [1.82, 2.24) is 9.88 Å². The lowest BCUT2D eigenvalue weighted by Crippen LogP contribution is -2.31. The van der Waals surface area contributed by atoms with Crippen LogP contribution < -0.4 is 4.90 Å². The number of carboxylic acids is 1. The minimum absolute atomic E-state index is 0.313. The third kappa shape index (κ3) is 5.85. The molecule has 0 fully saturated rings. The summed E-state index contributed by atoms with van der Waals surface area (Å²) in [6.07, 6.45) is 0. The molecular weight excluding hydrogens is 489 g/mol. The fraction of sp³-hybridized carbons (Fsp3) is 0.115. The fourth-order valence-electron chi connectivity index (χ4n) is 3.50. The molecule has 9 heteroatoms.